The molecule has 4 nitrogen and oxygen atoms in total. The molecule has 4 rings (SSSR count). The molecule has 0 radical (unpaired) electrons. The molecule has 0 aliphatic heterocycles. The van der Waals surface area contributed by atoms with Crippen molar-refractivity contribution in [1.29, 1.82) is 0 Å². The lowest BCUT2D eigenvalue weighted by Gasteiger charge is -2.28. The van der Waals surface area contributed by atoms with E-state index < -0.39 is 6.04 Å². The van der Waals surface area contributed by atoms with Gasteiger partial charge in [0.25, 0.3) is 0 Å². The molecule has 0 fully saturated rings. The van der Waals surface area contributed by atoms with Crippen molar-refractivity contribution < 1.29 is 9.53 Å². The van der Waals surface area contributed by atoms with Crippen LogP contribution in [0.4, 0.5) is 0 Å². The van der Waals surface area contributed by atoms with Gasteiger partial charge in [0.05, 0.1) is 12.1 Å². The summed E-state index contributed by atoms with van der Waals surface area (Å²) in [5.74, 6) is 1.48. The first kappa shape index (κ1) is 22.1. The van der Waals surface area contributed by atoms with Gasteiger partial charge in [-0.3, -0.25) is 4.79 Å². The standard InChI is InChI=1S/C28H32N2O2/c1-18-14-19(2)24(20(3)15-18)17-26(29)28(31)30-27-11-7-8-21-12-13-23(16-25(21)27)32-22-9-5-4-6-10-22/h4-6,9-10,12-16,26-27H,7-8,11,17,29H2,1-3H3,(H,30,31)/t26-,27+/m0/s1. The largest absolute Gasteiger partial charge is 0.457 e. The van der Waals surface area contributed by atoms with E-state index in [2.05, 4.69) is 50.4 Å². The van der Waals surface area contributed by atoms with Crippen LogP contribution in [-0.2, 0) is 17.6 Å². The molecule has 32 heavy (non-hydrogen) atoms. The predicted octanol–water partition coefficient (Wildman–Crippen LogP) is 5.47. The third-order valence-electron chi connectivity index (χ3n) is 6.33. The first-order valence-electron chi connectivity index (χ1n) is 11.4. The number of nitrogens with one attached hydrogen (secondary N) is 1. The van der Waals surface area contributed by atoms with E-state index in [1.54, 1.807) is 0 Å². The highest BCUT2D eigenvalue weighted by molar-refractivity contribution is 5.82. The molecule has 3 N–H and O–H groups in total. The number of carbonyl (C=O) groups excluding carboxylic acids is 1. The normalized spacial score (nSPS) is 16.2. The van der Waals surface area contributed by atoms with Gasteiger partial charge in [-0.25, -0.2) is 0 Å². The van der Waals surface area contributed by atoms with Gasteiger partial charge in [0.15, 0.2) is 0 Å². The number of carbonyl (C=O) groups is 1. The van der Waals surface area contributed by atoms with Gasteiger partial charge in [0.1, 0.15) is 11.5 Å². The van der Waals surface area contributed by atoms with Gasteiger partial charge in [0.2, 0.25) is 5.91 Å². The number of hydrogen-bond donors (Lipinski definition) is 2. The van der Waals surface area contributed by atoms with Gasteiger partial charge >= 0.3 is 0 Å². The van der Waals surface area contributed by atoms with E-state index in [4.69, 9.17) is 10.5 Å². The molecule has 1 aliphatic carbocycles. The first-order valence-corrected chi connectivity index (χ1v) is 11.4. The summed E-state index contributed by atoms with van der Waals surface area (Å²) in [6, 6.07) is 19.6. The van der Waals surface area contributed by atoms with Crippen molar-refractivity contribution in [2.24, 2.45) is 5.73 Å². The molecule has 3 aromatic carbocycles. The molecule has 3 aromatic rings. The van der Waals surface area contributed by atoms with Crippen LogP contribution in [0.3, 0.4) is 0 Å². The van der Waals surface area contributed by atoms with Crippen LogP contribution in [0.15, 0.2) is 60.7 Å². The third kappa shape index (κ3) is 5.03. The van der Waals surface area contributed by atoms with Crippen molar-refractivity contribution in [2.45, 2.75) is 58.5 Å². The minimum Gasteiger partial charge on any atom is -0.457 e. The molecule has 0 saturated heterocycles. The highest BCUT2D eigenvalue weighted by Crippen LogP contribution is 2.34. The maximum absolute atomic E-state index is 13.0. The first-order chi connectivity index (χ1) is 15.4. The van der Waals surface area contributed by atoms with E-state index in [1.807, 2.05) is 36.4 Å². The molecule has 1 amide bonds. The van der Waals surface area contributed by atoms with E-state index >= 15 is 0 Å². The van der Waals surface area contributed by atoms with Crippen LogP contribution in [0.25, 0.3) is 0 Å². The number of benzene rings is 3. The van der Waals surface area contributed by atoms with E-state index in [0.29, 0.717) is 6.42 Å². The lowest BCUT2D eigenvalue weighted by molar-refractivity contribution is -0.123. The third-order valence-corrected chi connectivity index (χ3v) is 6.33. The molecule has 0 unspecified atom stereocenters. The average molecular weight is 429 g/mol. The fourth-order valence-electron chi connectivity index (χ4n) is 4.74. The number of hydrogen-bond acceptors (Lipinski definition) is 3. The minimum absolute atomic E-state index is 0.0446. The number of aryl methyl sites for hydroxylation is 4. The Morgan fingerprint density at radius 3 is 2.47 bits per heavy atom. The summed E-state index contributed by atoms with van der Waals surface area (Å²) in [7, 11) is 0. The predicted molar refractivity (Wildman–Crippen MR) is 129 cm³/mol. The molecule has 4 heteroatoms. The second-order valence-electron chi connectivity index (χ2n) is 8.92. The molecule has 1 aliphatic rings. The van der Waals surface area contributed by atoms with Gasteiger partial charge < -0.3 is 15.8 Å². The minimum atomic E-state index is -0.579. The van der Waals surface area contributed by atoms with Gasteiger partial charge in [-0.2, -0.15) is 0 Å². The summed E-state index contributed by atoms with van der Waals surface area (Å²) in [6.07, 6.45) is 3.51. The molecular formula is C28H32N2O2. The number of ether oxygens (including phenoxy) is 1. The van der Waals surface area contributed by atoms with Gasteiger partial charge in [0, 0.05) is 0 Å². The Balaban J connectivity index is 1.48. The van der Waals surface area contributed by atoms with Crippen molar-refractivity contribution in [1.82, 2.24) is 5.32 Å². The topological polar surface area (TPSA) is 64.4 Å². The molecular weight excluding hydrogens is 396 g/mol. The van der Waals surface area contributed by atoms with E-state index in [0.717, 1.165) is 36.3 Å². The molecule has 0 heterocycles. The van der Waals surface area contributed by atoms with Gasteiger partial charge in [-0.05, 0) is 98.5 Å². The fourth-order valence-corrected chi connectivity index (χ4v) is 4.74. The average Bonchev–Trinajstić information content (AvgIpc) is 2.77. The molecule has 0 saturated carbocycles. The molecule has 0 aromatic heterocycles. The van der Waals surface area contributed by atoms with Crippen molar-refractivity contribution >= 4 is 5.91 Å². The monoisotopic (exact) mass is 428 g/mol. The molecule has 166 valence electrons. The highest BCUT2D eigenvalue weighted by atomic mass is 16.5. The zero-order valence-corrected chi connectivity index (χ0v) is 19.2. The summed E-state index contributed by atoms with van der Waals surface area (Å²) in [5.41, 5.74) is 13.5. The smallest absolute Gasteiger partial charge is 0.237 e. The molecule has 0 spiro atoms. The van der Waals surface area contributed by atoms with Crippen LogP contribution in [0, 0.1) is 20.8 Å². The summed E-state index contributed by atoms with van der Waals surface area (Å²) < 4.78 is 6.02. The SMILES string of the molecule is Cc1cc(C)c(C[C@H](N)C(=O)N[C@@H]2CCCc3ccc(Oc4ccccc4)cc32)c(C)c1. The van der Waals surface area contributed by atoms with Crippen LogP contribution in [0.5, 0.6) is 11.5 Å². The Kier molecular flexibility index (Phi) is 6.61. The molecule has 0 bridgehead atoms. The quantitative estimate of drug-likeness (QED) is 0.547. The van der Waals surface area contributed by atoms with Crippen LogP contribution in [0.1, 0.15) is 52.3 Å². The Morgan fingerprint density at radius 2 is 1.75 bits per heavy atom. The summed E-state index contributed by atoms with van der Waals surface area (Å²) in [4.78, 5) is 13.0. The number of nitrogens with two attached hydrogens (primary N) is 1. The zero-order chi connectivity index (χ0) is 22.7. The van der Waals surface area contributed by atoms with Crippen molar-refractivity contribution in [2.75, 3.05) is 0 Å². The van der Waals surface area contributed by atoms with Crippen molar-refractivity contribution in [3.63, 3.8) is 0 Å². The lowest BCUT2D eigenvalue weighted by Crippen LogP contribution is -2.44. The Hall–Kier alpha value is -3.11. The summed E-state index contributed by atoms with van der Waals surface area (Å²) >= 11 is 0. The second kappa shape index (κ2) is 9.58. The number of fused-ring (bicyclic) bond motifs is 1. The van der Waals surface area contributed by atoms with Gasteiger partial charge in [-0.15, -0.1) is 0 Å². The Morgan fingerprint density at radius 1 is 1.03 bits per heavy atom. The lowest BCUT2D eigenvalue weighted by atomic mass is 9.87. The van der Waals surface area contributed by atoms with E-state index in [-0.39, 0.29) is 11.9 Å². The fraction of sp³-hybridized carbons (Fsp3) is 0.321. The van der Waals surface area contributed by atoms with Crippen LogP contribution < -0.4 is 15.8 Å². The zero-order valence-electron chi connectivity index (χ0n) is 19.2. The van der Waals surface area contributed by atoms with Crippen molar-refractivity contribution in [3.8, 4) is 11.5 Å². The van der Waals surface area contributed by atoms with E-state index in [9.17, 15) is 4.79 Å². The number of rotatable bonds is 6. The van der Waals surface area contributed by atoms with Crippen LogP contribution in [0.2, 0.25) is 0 Å². The molecule has 2 atom stereocenters. The van der Waals surface area contributed by atoms with E-state index in [1.165, 1.54) is 27.8 Å². The second-order valence-corrected chi connectivity index (χ2v) is 8.92. The Labute approximate surface area is 190 Å². The van der Waals surface area contributed by atoms with Gasteiger partial charge in [-0.1, -0.05) is 42.0 Å². The number of amides is 1. The van der Waals surface area contributed by atoms with Crippen LogP contribution >= 0.6 is 0 Å². The number of para-hydroxylation sites is 1. The Bertz CT molecular complexity index is 1080. The highest BCUT2D eigenvalue weighted by Gasteiger charge is 2.25. The summed E-state index contributed by atoms with van der Waals surface area (Å²) in [6.45, 7) is 6.27. The van der Waals surface area contributed by atoms with Crippen molar-refractivity contribution in [3.05, 3.63) is 94.0 Å². The van der Waals surface area contributed by atoms with Crippen LogP contribution in [-0.4, -0.2) is 11.9 Å². The maximum atomic E-state index is 13.0. The maximum Gasteiger partial charge on any atom is 0.237 e. The summed E-state index contributed by atoms with van der Waals surface area (Å²) in [5, 5.41) is 3.22.